The van der Waals surface area contributed by atoms with Gasteiger partial charge in [0.05, 0.1) is 25.5 Å². The van der Waals surface area contributed by atoms with Crippen LogP contribution in [0.2, 0.25) is 0 Å². The average molecular weight is 569 g/mol. The number of rotatable bonds is 8. The second-order valence-corrected chi connectivity index (χ2v) is 8.65. The van der Waals surface area contributed by atoms with Crippen molar-refractivity contribution in [3.63, 3.8) is 0 Å². The fraction of sp³-hybridized carbons (Fsp3) is 0.560. The molecule has 2 saturated heterocycles. The number of aliphatic imine (C=N–C) groups is 1. The van der Waals surface area contributed by atoms with Crippen molar-refractivity contribution in [2.45, 2.75) is 51.3 Å². The molecule has 7 nitrogen and oxygen atoms in total. The van der Waals surface area contributed by atoms with Crippen molar-refractivity contribution >= 4 is 29.9 Å². The van der Waals surface area contributed by atoms with Crippen LogP contribution >= 0.6 is 24.0 Å². The Morgan fingerprint density at radius 1 is 1.21 bits per heavy atom. The van der Waals surface area contributed by atoms with E-state index in [9.17, 15) is 0 Å². The number of aryl methyl sites for hydroxylation is 1. The minimum atomic E-state index is 0. The van der Waals surface area contributed by atoms with Crippen molar-refractivity contribution in [1.82, 2.24) is 15.5 Å². The smallest absolute Gasteiger partial charge is 0.191 e. The predicted octanol–water partition coefficient (Wildman–Crippen LogP) is 4.27. The summed E-state index contributed by atoms with van der Waals surface area (Å²) < 4.78 is 17.5. The Morgan fingerprint density at radius 2 is 2.06 bits per heavy atom. The van der Waals surface area contributed by atoms with Crippen LogP contribution < -0.4 is 15.4 Å². The maximum Gasteiger partial charge on any atom is 0.191 e. The van der Waals surface area contributed by atoms with E-state index < -0.39 is 0 Å². The maximum absolute atomic E-state index is 6.24. The van der Waals surface area contributed by atoms with Gasteiger partial charge in [-0.2, -0.15) is 0 Å². The monoisotopic (exact) mass is 568 g/mol. The molecular formula is C25H37IN4O3. The van der Waals surface area contributed by atoms with Gasteiger partial charge in [-0.3, -0.25) is 9.89 Å². The normalized spacial score (nSPS) is 20.2. The molecule has 1 aromatic heterocycles. The average Bonchev–Trinajstić information content (AvgIpc) is 3.53. The van der Waals surface area contributed by atoms with E-state index >= 15 is 0 Å². The number of hydrogen-bond donors (Lipinski definition) is 2. The summed E-state index contributed by atoms with van der Waals surface area (Å²) in [7, 11) is 1.81. The van der Waals surface area contributed by atoms with E-state index in [2.05, 4.69) is 51.7 Å². The summed E-state index contributed by atoms with van der Waals surface area (Å²) in [6.45, 7) is 7.11. The van der Waals surface area contributed by atoms with Gasteiger partial charge in [0, 0.05) is 32.1 Å². The van der Waals surface area contributed by atoms with Crippen LogP contribution in [0.4, 0.5) is 0 Å². The molecule has 2 aliphatic heterocycles. The SMILES string of the molecule is CN=C(NCc1ccc(C)cc1OC1CCOC1)NCC(c1ccco1)N1CCCCC1.I. The second kappa shape index (κ2) is 13.2. The van der Waals surface area contributed by atoms with Gasteiger partial charge in [0.15, 0.2) is 5.96 Å². The van der Waals surface area contributed by atoms with Crippen molar-refractivity contribution < 1.29 is 13.9 Å². The Balaban J connectivity index is 0.00000306. The summed E-state index contributed by atoms with van der Waals surface area (Å²) in [6.07, 6.45) is 6.62. The summed E-state index contributed by atoms with van der Waals surface area (Å²) in [6, 6.07) is 10.6. The molecule has 0 radical (unpaired) electrons. The first kappa shape index (κ1) is 25.8. The molecule has 33 heavy (non-hydrogen) atoms. The maximum atomic E-state index is 6.24. The van der Waals surface area contributed by atoms with E-state index in [0.717, 1.165) is 55.7 Å². The Hall–Kier alpha value is -1.78. The van der Waals surface area contributed by atoms with E-state index in [4.69, 9.17) is 13.9 Å². The van der Waals surface area contributed by atoms with Crippen LogP contribution in [-0.2, 0) is 11.3 Å². The standard InChI is InChI=1S/C25H36N4O3.HI/c1-19-8-9-20(24(15-19)32-21-10-14-30-18-21)16-27-25(26-2)28-17-22(23-7-6-13-31-23)29-11-4-3-5-12-29;/h6-9,13,15,21-22H,3-5,10-12,14,16-18H2,1-2H3,(H2,26,27,28);1H. The van der Waals surface area contributed by atoms with Crippen molar-refractivity contribution in [3.05, 3.63) is 53.5 Å². The van der Waals surface area contributed by atoms with Gasteiger partial charge in [-0.25, -0.2) is 0 Å². The third-order valence-electron chi connectivity index (χ3n) is 6.24. The van der Waals surface area contributed by atoms with E-state index in [1.165, 1.54) is 24.8 Å². The summed E-state index contributed by atoms with van der Waals surface area (Å²) in [5.41, 5.74) is 2.30. The third-order valence-corrected chi connectivity index (χ3v) is 6.24. The lowest BCUT2D eigenvalue weighted by molar-refractivity contribution is 0.140. The van der Waals surface area contributed by atoms with Gasteiger partial charge in [0.1, 0.15) is 17.6 Å². The van der Waals surface area contributed by atoms with E-state index in [1.54, 1.807) is 13.3 Å². The summed E-state index contributed by atoms with van der Waals surface area (Å²) in [5, 5.41) is 6.96. The number of halogens is 1. The largest absolute Gasteiger partial charge is 0.488 e. The molecule has 2 atom stereocenters. The molecule has 0 amide bonds. The van der Waals surface area contributed by atoms with E-state index in [1.807, 2.05) is 6.07 Å². The lowest BCUT2D eigenvalue weighted by Gasteiger charge is -2.33. The molecule has 0 bridgehead atoms. The first-order valence-corrected chi connectivity index (χ1v) is 11.8. The molecule has 8 heteroatoms. The number of hydrogen-bond acceptors (Lipinski definition) is 5. The van der Waals surface area contributed by atoms with Crippen molar-refractivity contribution in [3.8, 4) is 5.75 Å². The van der Waals surface area contributed by atoms with Gasteiger partial charge in [-0.15, -0.1) is 24.0 Å². The summed E-state index contributed by atoms with van der Waals surface area (Å²) >= 11 is 0. The quantitative estimate of drug-likeness (QED) is 0.282. The van der Waals surface area contributed by atoms with Crippen molar-refractivity contribution in [1.29, 1.82) is 0 Å². The number of likely N-dealkylation sites (tertiary alicyclic amines) is 1. The highest BCUT2D eigenvalue weighted by molar-refractivity contribution is 14.0. The molecule has 4 rings (SSSR count). The van der Waals surface area contributed by atoms with Crippen LogP contribution in [0.25, 0.3) is 0 Å². The molecule has 3 heterocycles. The first-order chi connectivity index (χ1) is 15.7. The molecular weight excluding hydrogens is 531 g/mol. The number of nitrogens with zero attached hydrogens (tertiary/aromatic N) is 2. The molecule has 2 fully saturated rings. The zero-order valence-corrected chi connectivity index (χ0v) is 22.0. The molecule has 2 aliphatic rings. The van der Waals surface area contributed by atoms with Gasteiger partial charge in [-0.05, 0) is 56.6 Å². The van der Waals surface area contributed by atoms with Crippen molar-refractivity contribution in [2.75, 3.05) is 39.9 Å². The third kappa shape index (κ3) is 7.35. The van der Waals surface area contributed by atoms with Gasteiger partial charge in [0.25, 0.3) is 0 Å². The molecule has 182 valence electrons. The Kier molecular flexibility index (Phi) is 10.3. The molecule has 0 aliphatic carbocycles. The van der Waals surface area contributed by atoms with Crippen LogP contribution in [-0.4, -0.2) is 56.9 Å². The van der Waals surface area contributed by atoms with Crippen molar-refractivity contribution in [2.24, 2.45) is 4.99 Å². The Morgan fingerprint density at radius 3 is 2.76 bits per heavy atom. The number of guanidine groups is 1. The highest BCUT2D eigenvalue weighted by Crippen LogP contribution is 2.25. The summed E-state index contributed by atoms with van der Waals surface area (Å²) in [4.78, 5) is 6.95. The Labute approximate surface area is 214 Å². The molecule has 0 spiro atoms. The number of piperidine rings is 1. The fourth-order valence-corrected chi connectivity index (χ4v) is 4.42. The zero-order valence-electron chi connectivity index (χ0n) is 19.7. The molecule has 2 aromatic rings. The van der Waals surface area contributed by atoms with Gasteiger partial charge in [-0.1, -0.05) is 18.6 Å². The molecule has 2 N–H and O–H groups in total. The van der Waals surface area contributed by atoms with Crippen LogP contribution in [0.5, 0.6) is 5.75 Å². The number of nitrogens with one attached hydrogen (secondary N) is 2. The first-order valence-electron chi connectivity index (χ1n) is 11.8. The number of furan rings is 1. The fourth-order valence-electron chi connectivity index (χ4n) is 4.42. The van der Waals surface area contributed by atoms with Crippen LogP contribution in [0.15, 0.2) is 46.0 Å². The van der Waals surface area contributed by atoms with Gasteiger partial charge in [0.2, 0.25) is 0 Å². The molecule has 1 aromatic carbocycles. The number of benzene rings is 1. The lowest BCUT2D eigenvalue weighted by Crippen LogP contribution is -2.44. The predicted molar refractivity (Wildman–Crippen MR) is 142 cm³/mol. The minimum absolute atomic E-state index is 0. The van der Waals surface area contributed by atoms with Crippen LogP contribution in [0, 0.1) is 6.92 Å². The highest BCUT2D eigenvalue weighted by atomic mass is 127. The molecule has 2 unspecified atom stereocenters. The Bertz CT molecular complexity index is 863. The van der Waals surface area contributed by atoms with Gasteiger partial charge < -0.3 is 24.5 Å². The number of ether oxygens (including phenoxy) is 2. The van der Waals surface area contributed by atoms with Crippen LogP contribution in [0.1, 0.15) is 48.6 Å². The van der Waals surface area contributed by atoms with Crippen LogP contribution in [0.3, 0.4) is 0 Å². The zero-order chi connectivity index (χ0) is 22.2. The highest BCUT2D eigenvalue weighted by Gasteiger charge is 2.25. The topological polar surface area (TPSA) is 71.3 Å². The summed E-state index contributed by atoms with van der Waals surface area (Å²) in [5.74, 6) is 2.70. The van der Waals surface area contributed by atoms with E-state index in [-0.39, 0.29) is 36.1 Å². The molecule has 0 saturated carbocycles. The van der Waals surface area contributed by atoms with Gasteiger partial charge >= 0.3 is 0 Å². The second-order valence-electron chi connectivity index (χ2n) is 8.65. The lowest BCUT2D eigenvalue weighted by atomic mass is 10.1. The minimum Gasteiger partial charge on any atom is -0.488 e. The van der Waals surface area contributed by atoms with E-state index in [0.29, 0.717) is 13.2 Å².